The molecule has 0 saturated heterocycles. The van der Waals surface area contributed by atoms with E-state index in [2.05, 4.69) is 24.3 Å². The molecule has 2 aromatic rings. The number of aryl methyl sites for hydroxylation is 1. The first-order valence-electron chi connectivity index (χ1n) is 6.28. The number of hydrogen-bond acceptors (Lipinski definition) is 4. The molecule has 0 unspecified atom stereocenters. The molecule has 5 heteroatoms. The lowest BCUT2D eigenvalue weighted by Gasteiger charge is -2.21. The highest BCUT2D eigenvalue weighted by Crippen LogP contribution is 2.27. The zero-order chi connectivity index (χ0) is 14.7. The molecule has 0 aliphatic carbocycles. The van der Waals surface area contributed by atoms with Crippen LogP contribution < -0.4 is 10.6 Å². The smallest absolute Gasteiger partial charge is 0.271 e. The molecule has 2 aromatic carbocycles. The van der Waals surface area contributed by atoms with Crippen molar-refractivity contribution in [3.05, 3.63) is 63.7 Å². The Kier molecular flexibility index (Phi) is 3.89. The van der Waals surface area contributed by atoms with Crippen molar-refractivity contribution in [1.29, 1.82) is 0 Å². The van der Waals surface area contributed by atoms with Gasteiger partial charge in [-0.2, -0.15) is 0 Å². The third kappa shape index (κ3) is 3.06. The summed E-state index contributed by atoms with van der Waals surface area (Å²) in [7, 11) is 1.91. The summed E-state index contributed by atoms with van der Waals surface area (Å²) in [4.78, 5) is 12.2. The van der Waals surface area contributed by atoms with Crippen LogP contribution in [0.15, 0.2) is 42.5 Å². The summed E-state index contributed by atoms with van der Waals surface area (Å²) in [5.74, 6) is 0. The van der Waals surface area contributed by atoms with E-state index >= 15 is 0 Å². The number of non-ortho nitro benzene ring substituents is 1. The first-order valence-corrected chi connectivity index (χ1v) is 6.28. The number of nitrogens with two attached hydrogens (primary N) is 1. The van der Waals surface area contributed by atoms with Crippen LogP contribution in [0.2, 0.25) is 0 Å². The van der Waals surface area contributed by atoms with Gasteiger partial charge < -0.3 is 10.6 Å². The summed E-state index contributed by atoms with van der Waals surface area (Å²) < 4.78 is 0. The van der Waals surface area contributed by atoms with E-state index in [4.69, 9.17) is 5.73 Å². The third-order valence-electron chi connectivity index (χ3n) is 3.17. The third-order valence-corrected chi connectivity index (χ3v) is 3.17. The Balaban J connectivity index is 2.18. The second-order valence-corrected chi connectivity index (χ2v) is 4.84. The zero-order valence-corrected chi connectivity index (χ0v) is 11.5. The number of rotatable bonds is 4. The Morgan fingerprint density at radius 3 is 2.40 bits per heavy atom. The summed E-state index contributed by atoms with van der Waals surface area (Å²) in [5.41, 5.74) is 9.48. The molecule has 0 aliphatic rings. The van der Waals surface area contributed by atoms with Crippen LogP contribution >= 0.6 is 0 Å². The monoisotopic (exact) mass is 271 g/mol. The molecule has 0 fully saturated rings. The molecule has 0 saturated carbocycles. The van der Waals surface area contributed by atoms with Gasteiger partial charge in [-0.05, 0) is 18.6 Å². The van der Waals surface area contributed by atoms with Crippen LogP contribution in [0.5, 0.6) is 0 Å². The Hall–Kier alpha value is -2.56. The highest BCUT2D eigenvalue weighted by atomic mass is 16.6. The molecule has 0 aromatic heterocycles. The van der Waals surface area contributed by atoms with Crippen molar-refractivity contribution >= 4 is 17.1 Å². The van der Waals surface area contributed by atoms with Crippen LogP contribution in [0.4, 0.5) is 17.1 Å². The molecular formula is C15H17N3O2. The molecular weight excluding hydrogens is 254 g/mol. The minimum absolute atomic E-state index is 0.00925. The second kappa shape index (κ2) is 5.61. The number of nitro groups is 1. The molecule has 20 heavy (non-hydrogen) atoms. The van der Waals surface area contributed by atoms with Crippen molar-refractivity contribution in [1.82, 2.24) is 0 Å². The van der Waals surface area contributed by atoms with Gasteiger partial charge in [0.15, 0.2) is 0 Å². The molecule has 0 amide bonds. The zero-order valence-electron chi connectivity index (χ0n) is 11.5. The maximum absolute atomic E-state index is 10.7. The lowest BCUT2D eigenvalue weighted by molar-refractivity contribution is -0.384. The highest BCUT2D eigenvalue weighted by Gasteiger charge is 2.11. The van der Waals surface area contributed by atoms with E-state index < -0.39 is 4.92 Å². The highest BCUT2D eigenvalue weighted by molar-refractivity contribution is 5.70. The van der Waals surface area contributed by atoms with Crippen LogP contribution in [0, 0.1) is 17.0 Å². The molecule has 0 atom stereocenters. The van der Waals surface area contributed by atoms with Crippen molar-refractivity contribution in [2.75, 3.05) is 17.7 Å². The van der Waals surface area contributed by atoms with E-state index in [1.165, 1.54) is 17.7 Å². The molecule has 0 heterocycles. The van der Waals surface area contributed by atoms with E-state index in [0.29, 0.717) is 12.2 Å². The van der Waals surface area contributed by atoms with Gasteiger partial charge in [0.25, 0.3) is 5.69 Å². The maximum Gasteiger partial charge on any atom is 0.271 e. The molecule has 104 valence electrons. The molecule has 0 aliphatic heterocycles. The van der Waals surface area contributed by atoms with Gasteiger partial charge in [0.05, 0.1) is 16.3 Å². The lowest BCUT2D eigenvalue weighted by atomic mass is 10.1. The largest absolute Gasteiger partial charge is 0.397 e. The van der Waals surface area contributed by atoms with Crippen LogP contribution in [0.25, 0.3) is 0 Å². The Labute approximate surface area is 117 Å². The average Bonchev–Trinajstić information content (AvgIpc) is 2.41. The molecule has 2 N–H and O–H groups in total. The van der Waals surface area contributed by atoms with Gasteiger partial charge in [-0.25, -0.2) is 0 Å². The Morgan fingerprint density at radius 2 is 1.85 bits per heavy atom. The molecule has 5 nitrogen and oxygen atoms in total. The molecule has 2 rings (SSSR count). The predicted molar refractivity (Wildman–Crippen MR) is 80.8 cm³/mol. The van der Waals surface area contributed by atoms with Crippen molar-refractivity contribution in [2.45, 2.75) is 13.5 Å². The maximum atomic E-state index is 10.7. The fourth-order valence-corrected chi connectivity index (χ4v) is 2.06. The normalized spacial score (nSPS) is 10.3. The Bertz CT molecular complexity index is 624. The van der Waals surface area contributed by atoms with Crippen molar-refractivity contribution in [3.8, 4) is 0 Å². The first-order chi connectivity index (χ1) is 9.47. The van der Waals surface area contributed by atoms with E-state index in [1.54, 1.807) is 6.07 Å². The topological polar surface area (TPSA) is 72.4 Å². The van der Waals surface area contributed by atoms with Crippen molar-refractivity contribution in [2.24, 2.45) is 0 Å². The van der Waals surface area contributed by atoms with Crippen molar-refractivity contribution < 1.29 is 4.92 Å². The predicted octanol–water partition coefficient (Wildman–Crippen LogP) is 3.12. The molecule has 0 spiro atoms. The number of nitro benzene ring substituents is 1. The fourth-order valence-electron chi connectivity index (χ4n) is 2.06. The molecule has 0 radical (unpaired) electrons. The standard InChI is InChI=1S/C15H17N3O2/c1-11-3-5-12(6-4-11)10-17(2)15-8-7-13(18(19)20)9-14(15)16/h3-9H,10,16H2,1-2H3. The van der Waals surface area contributed by atoms with E-state index in [0.717, 1.165) is 11.3 Å². The van der Waals surface area contributed by atoms with Gasteiger partial charge in [-0.1, -0.05) is 29.8 Å². The van der Waals surface area contributed by atoms with Crippen LogP contribution in [-0.4, -0.2) is 12.0 Å². The number of anilines is 2. The van der Waals surface area contributed by atoms with E-state index in [-0.39, 0.29) is 5.69 Å². The quantitative estimate of drug-likeness (QED) is 0.527. The SMILES string of the molecule is Cc1ccc(CN(C)c2ccc([N+](=O)[O-])cc2N)cc1. The van der Waals surface area contributed by atoms with Gasteiger partial charge in [0, 0.05) is 25.7 Å². The lowest BCUT2D eigenvalue weighted by Crippen LogP contribution is -2.17. The van der Waals surface area contributed by atoms with Crippen LogP contribution in [0.1, 0.15) is 11.1 Å². The minimum Gasteiger partial charge on any atom is -0.397 e. The first kappa shape index (κ1) is 13.9. The summed E-state index contributed by atoms with van der Waals surface area (Å²) in [5, 5.41) is 10.7. The van der Waals surface area contributed by atoms with E-state index in [1.807, 2.05) is 18.9 Å². The fraction of sp³-hybridized carbons (Fsp3) is 0.200. The summed E-state index contributed by atoms with van der Waals surface area (Å²) >= 11 is 0. The van der Waals surface area contributed by atoms with Gasteiger partial charge in [-0.3, -0.25) is 10.1 Å². The van der Waals surface area contributed by atoms with Crippen LogP contribution in [-0.2, 0) is 6.54 Å². The van der Waals surface area contributed by atoms with Crippen LogP contribution in [0.3, 0.4) is 0 Å². The Morgan fingerprint density at radius 1 is 1.20 bits per heavy atom. The second-order valence-electron chi connectivity index (χ2n) is 4.84. The minimum atomic E-state index is -0.444. The van der Waals surface area contributed by atoms with Gasteiger partial charge in [0.1, 0.15) is 0 Å². The summed E-state index contributed by atoms with van der Waals surface area (Å²) in [6.45, 7) is 2.74. The molecule has 0 bridgehead atoms. The summed E-state index contributed by atoms with van der Waals surface area (Å²) in [6.07, 6.45) is 0. The van der Waals surface area contributed by atoms with Gasteiger partial charge in [-0.15, -0.1) is 0 Å². The number of benzene rings is 2. The number of nitrogen functional groups attached to an aromatic ring is 1. The number of hydrogen-bond donors (Lipinski definition) is 1. The number of nitrogens with zero attached hydrogens (tertiary/aromatic N) is 2. The van der Waals surface area contributed by atoms with E-state index in [9.17, 15) is 10.1 Å². The van der Waals surface area contributed by atoms with Gasteiger partial charge in [0.2, 0.25) is 0 Å². The average molecular weight is 271 g/mol. The summed E-state index contributed by atoms with van der Waals surface area (Å²) in [6, 6.07) is 12.8. The van der Waals surface area contributed by atoms with Gasteiger partial charge >= 0.3 is 0 Å². The van der Waals surface area contributed by atoms with Crippen molar-refractivity contribution in [3.63, 3.8) is 0 Å².